The molecular weight excluding hydrogens is 422 g/mol. The quantitative estimate of drug-likeness (QED) is 0.504. The predicted octanol–water partition coefficient (Wildman–Crippen LogP) is 4.84. The van der Waals surface area contributed by atoms with E-state index in [0.29, 0.717) is 16.8 Å². The van der Waals surface area contributed by atoms with E-state index >= 15 is 0 Å². The van der Waals surface area contributed by atoms with Crippen LogP contribution in [-0.4, -0.2) is 31.8 Å². The number of anilines is 2. The van der Waals surface area contributed by atoms with Gasteiger partial charge in [-0.05, 0) is 69.0 Å². The SMILES string of the molecule is CC(=O)Nc1cccc(-n2c(SC(C)C(=O)Nc3cc(C)ccc3C)nnc2C2CC2)c1. The first-order valence-corrected chi connectivity index (χ1v) is 11.6. The minimum atomic E-state index is -0.372. The fourth-order valence-electron chi connectivity index (χ4n) is 3.45. The van der Waals surface area contributed by atoms with Crippen molar-refractivity contribution in [3.63, 3.8) is 0 Å². The number of aryl methyl sites for hydroxylation is 2. The van der Waals surface area contributed by atoms with Crippen molar-refractivity contribution in [1.29, 1.82) is 0 Å². The second kappa shape index (κ2) is 9.16. The van der Waals surface area contributed by atoms with Crippen LogP contribution < -0.4 is 10.6 Å². The second-order valence-corrected chi connectivity index (χ2v) is 9.56. The Kier molecular flexibility index (Phi) is 6.32. The van der Waals surface area contributed by atoms with Gasteiger partial charge in [0.1, 0.15) is 5.82 Å². The van der Waals surface area contributed by atoms with Crippen molar-refractivity contribution in [2.75, 3.05) is 10.6 Å². The van der Waals surface area contributed by atoms with Crippen LogP contribution in [0.25, 0.3) is 5.69 Å². The van der Waals surface area contributed by atoms with Crippen molar-refractivity contribution >= 4 is 35.0 Å². The Morgan fingerprint density at radius 1 is 1.09 bits per heavy atom. The molecule has 0 aliphatic heterocycles. The van der Waals surface area contributed by atoms with Crippen LogP contribution in [0.5, 0.6) is 0 Å². The van der Waals surface area contributed by atoms with Crippen LogP contribution in [0.4, 0.5) is 11.4 Å². The third-order valence-electron chi connectivity index (χ3n) is 5.33. The van der Waals surface area contributed by atoms with Gasteiger partial charge in [-0.25, -0.2) is 0 Å². The first kappa shape index (κ1) is 22.1. The van der Waals surface area contributed by atoms with Crippen molar-refractivity contribution in [3.05, 3.63) is 59.4 Å². The number of benzene rings is 2. The Hall–Kier alpha value is -3.13. The number of hydrogen-bond acceptors (Lipinski definition) is 5. The molecule has 1 heterocycles. The van der Waals surface area contributed by atoms with E-state index in [9.17, 15) is 9.59 Å². The molecule has 1 fully saturated rings. The summed E-state index contributed by atoms with van der Waals surface area (Å²) in [6.07, 6.45) is 2.16. The molecule has 0 radical (unpaired) electrons. The summed E-state index contributed by atoms with van der Waals surface area (Å²) in [5.74, 6) is 1.06. The average Bonchev–Trinajstić information content (AvgIpc) is 3.50. The summed E-state index contributed by atoms with van der Waals surface area (Å²) in [5.41, 5.74) is 4.52. The first-order chi connectivity index (χ1) is 15.3. The number of nitrogens with zero attached hydrogens (tertiary/aromatic N) is 3. The molecule has 0 bridgehead atoms. The van der Waals surface area contributed by atoms with Gasteiger partial charge in [0.15, 0.2) is 5.16 Å². The summed E-state index contributed by atoms with van der Waals surface area (Å²) in [4.78, 5) is 24.4. The highest BCUT2D eigenvalue weighted by Gasteiger charge is 2.32. The molecule has 2 aromatic carbocycles. The third kappa shape index (κ3) is 5.02. The average molecular weight is 450 g/mol. The summed E-state index contributed by atoms with van der Waals surface area (Å²) in [5, 5.41) is 15.0. The number of carbonyl (C=O) groups is 2. The molecule has 1 unspecified atom stereocenters. The van der Waals surface area contributed by atoms with Crippen molar-refractivity contribution in [2.24, 2.45) is 0 Å². The van der Waals surface area contributed by atoms with E-state index in [1.807, 2.05) is 67.8 Å². The lowest BCUT2D eigenvalue weighted by molar-refractivity contribution is -0.115. The molecule has 0 spiro atoms. The molecule has 1 aliphatic rings. The Bertz CT molecular complexity index is 1170. The van der Waals surface area contributed by atoms with Gasteiger partial charge in [0.2, 0.25) is 11.8 Å². The van der Waals surface area contributed by atoms with Crippen LogP contribution in [-0.2, 0) is 9.59 Å². The highest BCUT2D eigenvalue weighted by molar-refractivity contribution is 8.00. The first-order valence-electron chi connectivity index (χ1n) is 10.7. The maximum Gasteiger partial charge on any atom is 0.237 e. The molecule has 7 nitrogen and oxygen atoms in total. The Morgan fingerprint density at radius 2 is 1.88 bits per heavy atom. The zero-order valence-corrected chi connectivity index (χ0v) is 19.5. The molecule has 0 saturated heterocycles. The van der Waals surface area contributed by atoms with E-state index in [4.69, 9.17) is 0 Å². The molecule has 4 rings (SSSR count). The van der Waals surface area contributed by atoms with Gasteiger partial charge in [-0.1, -0.05) is 30.0 Å². The largest absolute Gasteiger partial charge is 0.326 e. The maximum absolute atomic E-state index is 12.9. The number of rotatable bonds is 7. The van der Waals surface area contributed by atoms with Crippen molar-refractivity contribution in [1.82, 2.24) is 14.8 Å². The van der Waals surface area contributed by atoms with E-state index in [-0.39, 0.29) is 17.1 Å². The molecule has 2 N–H and O–H groups in total. The molecule has 1 saturated carbocycles. The number of nitrogens with one attached hydrogen (secondary N) is 2. The molecule has 3 aromatic rings. The lowest BCUT2D eigenvalue weighted by Gasteiger charge is -2.15. The smallest absolute Gasteiger partial charge is 0.237 e. The van der Waals surface area contributed by atoms with Gasteiger partial charge >= 0.3 is 0 Å². The third-order valence-corrected chi connectivity index (χ3v) is 6.37. The summed E-state index contributed by atoms with van der Waals surface area (Å²) < 4.78 is 2.01. The van der Waals surface area contributed by atoms with Crippen LogP contribution in [0.1, 0.15) is 49.6 Å². The van der Waals surface area contributed by atoms with Crippen LogP contribution in [0.2, 0.25) is 0 Å². The molecule has 166 valence electrons. The van der Waals surface area contributed by atoms with E-state index in [2.05, 4.69) is 20.8 Å². The van der Waals surface area contributed by atoms with E-state index in [1.54, 1.807) is 0 Å². The fourth-order valence-corrected chi connectivity index (χ4v) is 4.32. The number of amides is 2. The highest BCUT2D eigenvalue weighted by Crippen LogP contribution is 2.41. The Morgan fingerprint density at radius 3 is 2.59 bits per heavy atom. The highest BCUT2D eigenvalue weighted by atomic mass is 32.2. The summed E-state index contributed by atoms with van der Waals surface area (Å²) in [6.45, 7) is 7.34. The number of carbonyl (C=O) groups excluding carboxylic acids is 2. The summed E-state index contributed by atoms with van der Waals surface area (Å²) >= 11 is 1.38. The van der Waals surface area contributed by atoms with Crippen molar-refractivity contribution < 1.29 is 9.59 Å². The second-order valence-electron chi connectivity index (χ2n) is 8.25. The Labute approximate surface area is 192 Å². The van der Waals surface area contributed by atoms with Crippen LogP contribution in [0.3, 0.4) is 0 Å². The number of hydrogen-bond donors (Lipinski definition) is 2. The van der Waals surface area contributed by atoms with Crippen LogP contribution >= 0.6 is 11.8 Å². The predicted molar refractivity (Wildman–Crippen MR) is 128 cm³/mol. The fraction of sp³-hybridized carbons (Fsp3) is 0.333. The summed E-state index contributed by atoms with van der Waals surface area (Å²) in [6, 6.07) is 13.6. The van der Waals surface area contributed by atoms with Gasteiger partial charge in [0, 0.05) is 24.2 Å². The van der Waals surface area contributed by atoms with E-state index in [0.717, 1.165) is 41.2 Å². The molecule has 1 aliphatic carbocycles. The van der Waals surface area contributed by atoms with Gasteiger partial charge in [-0.3, -0.25) is 14.2 Å². The molecule has 8 heteroatoms. The standard InChI is InChI=1S/C24H27N5O2S/c1-14-8-9-15(2)21(12-14)26-23(31)16(3)32-24-28-27-22(18-10-11-18)29(24)20-7-5-6-19(13-20)25-17(4)30/h5-9,12-13,16,18H,10-11H2,1-4H3,(H,25,30)(H,26,31). The van der Waals surface area contributed by atoms with Crippen molar-refractivity contribution in [3.8, 4) is 5.69 Å². The minimum Gasteiger partial charge on any atom is -0.326 e. The van der Waals surface area contributed by atoms with Gasteiger partial charge in [-0.15, -0.1) is 10.2 Å². The van der Waals surface area contributed by atoms with Crippen LogP contribution in [0, 0.1) is 13.8 Å². The number of aromatic nitrogens is 3. The zero-order valence-electron chi connectivity index (χ0n) is 18.7. The molecule has 32 heavy (non-hydrogen) atoms. The molecule has 1 atom stereocenters. The van der Waals surface area contributed by atoms with Gasteiger partial charge < -0.3 is 10.6 Å². The monoisotopic (exact) mass is 449 g/mol. The molecular formula is C24H27N5O2S. The summed E-state index contributed by atoms with van der Waals surface area (Å²) in [7, 11) is 0. The maximum atomic E-state index is 12.9. The van der Waals surface area contributed by atoms with Gasteiger partial charge in [-0.2, -0.15) is 0 Å². The van der Waals surface area contributed by atoms with Gasteiger partial charge in [0.05, 0.1) is 10.9 Å². The lowest BCUT2D eigenvalue weighted by Crippen LogP contribution is -2.23. The van der Waals surface area contributed by atoms with E-state index < -0.39 is 0 Å². The minimum absolute atomic E-state index is 0.0850. The molecule has 2 amide bonds. The Balaban J connectivity index is 1.58. The molecule has 1 aromatic heterocycles. The van der Waals surface area contributed by atoms with Crippen molar-refractivity contribution in [2.45, 2.75) is 56.9 Å². The lowest BCUT2D eigenvalue weighted by atomic mass is 10.1. The number of thioether (sulfide) groups is 1. The van der Waals surface area contributed by atoms with E-state index in [1.165, 1.54) is 18.7 Å². The van der Waals surface area contributed by atoms with Gasteiger partial charge in [0.25, 0.3) is 0 Å². The van der Waals surface area contributed by atoms with Crippen LogP contribution in [0.15, 0.2) is 47.6 Å². The topological polar surface area (TPSA) is 88.9 Å². The normalized spacial score (nSPS) is 14.1. The zero-order chi connectivity index (χ0) is 22.8.